The van der Waals surface area contributed by atoms with E-state index in [0.717, 1.165) is 16.9 Å². The van der Waals surface area contributed by atoms with Crippen molar-refractivity contribution in [1.29, 1.82) is 0 Å². The number of carbonyl (C=O) groups is 2. The number of amides is 1. The first-order valence-corrected chi connectivity index (χ1v) is 10.6. The Morgan fingerprint density at radius 1 is 1.34 bits per heavy atom. The third kappa shape index (κ3) is 6.48. The largest absolute Gasteiger partial charge is 0.438 e. The monoisotopic (exact) mass is 480 g/mol. The van der Waals surface area contributed by atoms with Crippen molar-refractivity contribution in [3.63, 3.8) is 0 Å². The molecule has 1 aromatic carbocycles. The van der Waals surface area contributed by atoms with E-state index in [2.05, 4.69) is 21.9 Å². The lowest BCUT2D eigenvalue weighted by Crippen LogP contribution is -2.36. The van der Waals surface area contributed by atoms with Crippen molar-refractivity contribution in [2.45, 2.75) is 25.8 Å². The first-order chi connectivity index (χ1) is 15.1. The molecule has 10 heteroatoms. The maximum Gasteiger partial charge on any atom is 0.285 e. The van der Waals surface area contributed by atoms with Gasteiger partial charge in [-0.15, -0.1) is 11.3 Å². The van der Waals surface area contributed by atoms with Gasteiger partial charge in [0.25, 0.3) is 5.91 Å². The molecule has 0 bridgehead atoms. The fourth-order valence-corrected chi connectivity index (χ4v) is 3.89. The second-order valence-electron chi connectivity index (χ2n) is 6.55. The van der Waals surface area contributed by atoms with Crippen LogP contribution in [0, 0.1) is 5.82 Å². The minimum absolute atomic E-state index is 0.215. The average molecular weight is 481 g/mol. The van der Waals surface area contributed by atoms with Crippen LogP contribution in [0.2, 0.25) is 5.02 Å². The van der Waals surface area contributed by atoms with E-state index >= 15 is 0 Å². The average Bonchev–Trinajstić information content (AvgIpc) is 3.20. The fraction of sp³-hybridized carbons (Fsp3) is 0.273. The number of rotatable bonds is 6. The fourth-order valence-electron chi connectivity index (χ4n) is 2.59. The van der Waals surface area contributed by atoms with Crippen molar-refractivity contribution in [3.8, 4) is 0 Å². The minimum atomic E-state index is -1.02. The summed E-state index contributed by atoms with van der Waals surface area (Å²) in [5.41, 5.74) is 5.46. The number of ether oxygens (including phenoxy) is 1. The van der Waals surface area contributed by atoms with Crippen molar-refractivity contribution in [2.75, 3.05) is 14.1 Å². The maximum atomic E-state index is 14.9. The molecule has 2 aromatic rings. The molecule has 1 amide bonds. The molecule has 32 heavy (non-hydrogen) atoms. The number of benzene rings is 1. The highest BCUT2D eigenvalue weighted by Gasteiger charge is 2.32. The van der Waals surface area contributed by atoms with Crippen LogP contribution in [0.15, 0.2) is 46.9 Å². The molecule has 0 fully saturated rings. The summed E-state index contributed by atoms with van der Waals surface area (Å²) in [6.07, 6.45) is 0.429. The van der Waals surface area contributed by atoms with E-state index in [1.165, 1.54) is 13.1 Å². The van der Waals surface area contributed by atoms with Crippen LogP contribution in [0.4, 0.5) is 4.39 Å². The van der Waals surface area contributed by atoms with Gasteiger partial charge in [-0.25, -0.2) is 4.39 Å². The van der Waals surface area contributed by atoms with Crippen LogP contribution in [0.25, 0.3) is 5.76 Å². The number of thiophene rings is 1. The molecule has 0 spiro atoms. The first kappa shape index (κ1) is 27.0. The third-order valence-electron chi connectivity index (χ3n) is 4.49. The van der Waals surface area contributed by atoms with Crippen LogP contribution in [-0.4, -0.2) is 38.5 Å². The van der Waals surface area contributed by atoms with Gasteiger partial charge in [0.2, 0.25) is 5.90 Å². The predicted octanol–water partition coefficient (Wildman–Crippen LogP) is 4.15. The van der Waals surface area contributed by atoms with Crippen molar-refractivity contribution in [2.24, 2.45) is 15.7 Å². The quantitative estimate of drug-likeness (QED) is 0.368. The van der Waals surface area contributed by atoms with Gasteiger partial charge in [-0.1, -0.05) is 25.1 Å². The van der Waals surface area contributed by atoms with Gasteiger partial charge >= 0.3 is 0 Å². The number of carbonyl (C=O) groups excluding carboxylic acids is 2. The molecular formula is C22H26ClFN4O3S. The number of hydrogen-bond acceptors (Lipinski definition) is 6. The molecule has 172 valence electrons. The second-order valence-corrected chi connectivity index (χ2v) is 8.04. The number of nitrogens with one attached hydrogen (secondary N) is 1. The normalized spacial score (nSPS) is 13.4. The van der Waals surface area contributed by atoms with Crippen molar-refractivity contribution >= 4 is 53.1 Å². The Hall–Kier alpha value is -3.04. The Kier molecular flexibility index (Phi) is 10.2. The number of amidine groups is 1. The summed E-state index contributed by atoms with van der Waals surface area (Å²) in [5, 5.41) is 3.00. The maximum absolute atomic E-state index is 14.9. The van der Waals surface area contributed by atoms with E-state index < -0.39 is 17.3 Å². The van der Waals surface area contributed by atoms with E-state index in [0.29, 0.717) is 27.0 Å². The number of nitrogens with zero attached hydrogens (tertiary/aromatic N) is 2. The van der Waals surface area contributed by atoms with Gasteiger partial charge in [0.1, 0.15) is 18.4 Å². The Labute approximate surface area is 195 Å². The number of halogens is 2. The highest BCUT2D eigenvalue weighted by Crippen LogP contribution is 2.37. The molecule has 0 unspecified atom stereocenters. The Morgan fingerprint density at radius 2 is 1.94 bits per heavy atom. The zero-order valence-corrected chi connectivity index (χ0v) is 19.9. The van der Waals surface area contributed by atoms with Gasteiger partial charge < -0.3 is 20.6 Å². The predicted molar refractivity (Wildman–Crippen MR) is 129 cm³/mol. The highest BCUT2D eigenvalue weighted by molar-refractivity contribution is 7.14. The molecule has 0 aliphatic rings. The number of hydrogen-bond donors (Lipinski definition) is 2. The summed E-state index contributed by atoms with van der Waals surface area (Å²) < 4.78 is 20.7. The van der Waals surface area contributed by atoms with E-state index in [1.807, 2.05) is 13.7 Å². The lowest BCUT2D eigenvalue weighted by molar-refractivity contribution is -0.114. The van der Waals surface area contributed by atoms with Crippen molar-refractivity contribution in [3.05, 3.63) is 63.1 Å². The minimum Gasteiger partial charge on any atom is -0.438 e. The Morgan fingerprint density at radius 3 is 2.44 bits per heavy atom. The standard InChI is InChI=1S/C21H24ClFN4O2S.CH2O/c1-6-21(3,27-18(24)19(28)25-4)17-15(23)11-16(30-17)20(26-5)29-12(2)13-7-9-14(22)10-8-13;1-2/h7-11H,2,6H2,1,3-5H3,(H2,24,27)(H,25,28);1H2/t21-;/m0./s1. The molecule has 7 nitrogen and oxygen atoms in total. The summed E-state index contributed by atoms with van der Waals surface area (Å²) in [4.78, 5) is 29.0. The lowest BCUT2D eigenvalue weighted by atomic mass is 9.97. The van der Waals surface area contributed by atoms with E-state index in [-0.39, 0.29) is 11.7 Å². The van der Waals surface area contributed by atoms with Crippen LogP contribution in [0.1, 0.15) is 35.6 Å². The van der Waals surface area contributed by atoms with Crippen LogP contribution >= 0.6 is 22.9 Å². The zero-order valence-electron chi connectivity index (χ0n) is 18.4. The first-order valence-electron chi connectivity index (χ1n) is 9.41. The van der Waals surface area contributed by atoms with Gasteiger partial charge in [0.05, 0.1) is 15.3 Å². The summed E-state index contributed by atoms with van der Waals surface area (Å²) in [6, 6.07) is 8.31. The van der Waals surface area contributed by atoms with Crippen LogP contribution in [0.3, 0.4) is 0 Å². The molecular weight excluding hydrogens is 455 g/mol. The molecule has 0 radical (unpaired) electrons. The molecule has 0 aliphatic heterocycles. The molecule has 0 saturated carbocycles. The summed E-state index contributed by atoms with van der Waals surface area (Å²) in [6.45, 7) is 9.47. The van der Waals surface area contributed by atoms with Gasteiger partial charge in [0.15, 0.2) is 5.84 Å². The van der Waals surface area contributed by atoms with Crippen LogP contribution < -0.4 is 11.1 Å². The van der Waals surface area contributed by atoms with Crippen molar-refractivity contribution < 1.29 is 18.7 Å². The molecule has 1 heterocycles. The number of aliphatic imine (C=N–C) groups is 2. The smallest absolute Gasteiger partial charge is 0.285 e. The number of nitrogens with two attached hydrogens (primary N) is 1. The summed E-state index contributed by atoms with van der Waals surface area (Å²) in [5.74, 6) is -0.651. The Balaban J connectivity index is 0.00000249. The van der Waals surface area contributed by atoms with Gasteiger partial charge in [-0.3, -0.25) is 14.8 Å². The molecule has 0 saturated heterocycles. The van der Waals surface area contributed by atoms with Crippen molar-refractivity contribution in [1.82, 2.24) is 5.32 Å². The van der Waals surface area contributed by atoms with E-state index in [1.54, 1.807) is 38.2 Å². The summed E-state index contributed by atoms with van der Waals surface area (Å²) >= 11 is 7.05. The Bertz CT molecular complexity index is 1020. The van der Waals surface area contributed by atoms with Crippen LogP contribution in [0.5, 0.6) is 0 Å². The van der Waals surface area contributed by atoms with Crippen LogP contribution in [-0.2, 0) is 19.9 Å². The van der Waals surface area contributed by atoms with Gasteiger partial charge in [0, 0.05) is 24.7 Å². The highest BCUT2D eigenvalue weighted by atomic mass is 35.5. The third-order valence-corrected chi connectivity index (χ3v) is 6.09. The van der Waals surface area contributed by atoms with Gasteiger partial charge in [-0.2, -0.15) is 0 Å². The SMILES string of the molecule is C=C(OC(=NC)c1cc(F)c([C@](C)(CC)N=C(N)C(=O)NC)s1)c1ccc(Cl)cc1.C=O. The lowest BCUT2D eigenvalue weighted by Gasteiger charge is -2.23. The molecule has 1 atom stereocenters. The summed E-state index contributed by atoms with van der Waals surface area (Å²) in [7, 11) is 3.00. The molecule has 0 aliphatic carbocycles. The second kappa shape index (κ2) is 12.1. The van der Waals surface area contributed by atoms with E-state index in [4.69, 9.17) is 26.9 Å². The molecule has 1 aromatic heterocycles. The molecule has 3 N–H and O–H groups in total. The number of likely N-dealkylation sites (N-methyl/N-ethyl adjacent to an activating group) is 1. The molecule has 2 rings (SSSR count). The topological polar surface area (TPSA) is 106 Å². The van der Waals surface area contributed by atoms with Gasteiger partial charge in [-0.05, 0) is 43.7 Å². The van der Waals surface area contributed by atoms with E-state index in [9.17, 15) is 9.18 Å². The zero-order chi connectivity index (χ0) is 24.5.